The maximum atomic E-state index is 11.9. The number of halogens is 2. The Kier molecular flexibility index (Phi) is 8.10. The van der Waals surface area contributed by atoms with Crippen LogP contribution in [-0.2, 0) is 4.74 Å². The number of hydrogen-bond donors (Lipinski definition) is 1. The van der Waals surface area contributed by atoms with Crippen molar-refractivity contribution < 1.29 is 9.53 Å². The SMILES string of the molecule is CCCCOCCCNC(=O)c1cc(Cl)cc(Br)c1. The van der Waals surface area contributed by atoms with Gasteiger partial charge in [-0.1, -0.05) is 40.9 Å². The highest BCUT2D eigenvalue weighted by Crippen LogP contribution is 2.19. The summed E-state index contributed by atoms with van der Waals surface area (Å²) in [5, 5.41) is 3.39. The molecule has 1 rings (SSSR count). The monoisotopic (exact) mass is 347 g/mol. The molecule has 106 valence electrons. The van der Waals surface area contributed by atoms with Crippen molar-refractivity contribution in [3.63, 3.8) is 0 Å². The number of ether oxygens (including phenoxy) is 1. The van der Waals surface area contributed by atoms with Crippen LogP contribution in [0.15, 0.2) is 22.7 Å². The van der Waals surface area contributed by atoms with Crippen molar-refractivity contribution in [1.82, 2.24) is 5.32 Å². The fourth-order valence-corrected chi connectivity index (χ4v) is 2.37. The van der Waals surface area contributed by atoms with E-state index in [1.54, 1.807) is 18.2 Å². The molecule has 0 atom stereocenters. The second-order valence-electron chi connectivity index (χ2n) is 4.23. The van der Waals surface area contributed by atoms with E-state index in [1.165, 1.54) is 0 Å². The summed E-state index contributed by atoms with van der Waals surface area (Å²) < 4.78 is 6.22. The molecule has 1 aromatic carbocycles. The highest BCUT2D eigenvalue weighted by Gasteiger charge is 2.06. The van der Waals surface area contributed by atoms with Crippen molar-refractivity contribution in [3.05, 3.63) is 33.3 Å². The van der Waals surface area contributed by atoms with E-state index in [1.807, 2.05) is 0 Å². The number of hydrogen-bond acceptors (Lipinski definition) is 2. The van der Waals surface area contributed by atoms with Gasteiger partial charge in [-0.25, -0.2) is 0 Å². The summed E-state index contributed by atoms with van der Waals surface area (Å²) in [6, 6.07) is 5.15. The van der Waals surface area contributed by atoms with E-state index in [2.05, 4.69) is 28.2 Å². The molecular weight excluding hydrogens is 330 g/mol. The van der Waals surface area contributed by atoms with E-state index in [9.17, 15) is 4.79 Å². The van der Waals surface area contributed by atoms with Crippen LogP contribution < -0.4 is 5.32 Å². The molecule has 1 amide bonds. The quantitative estimate of drug-likeness (QED) is 0.720. The third-order valence-electron chi connectivity index (χ3n) is 2.52. The van der Waals surface area contributed by atoms with E-state index in [0.29, 0.717) is 23.7 Å². The molecule has 0 heterocycles. The Morgan fingerprint density at radius 1 is 1.32 bits per heavy atom. The first-order valence-electron chi connectivity index (χ1n) is 6.45. The van der Waals surface area contributed by atoms with Gasteiger partial charge in [-0.3, -0.25) is 4.79 Å². The van der Waals surface area contributed by atoms with Crippen LogP contribution in [0.4, 0.5) is 0 Å². The van der Waals surface area contributed by atoms with Gasteiger partial charge in [0.05, 0.1) is 0 Å². The van der Waals surface area contributed by atoms with E-state index < -0.39 is 0 Å². The zero-order chi connectivity index (χ0) is 14.1. The zero-order valence-corrected chi connectivity index (χ0v) is 13.4. The van der Waals surface area contributed by atoms with E-state index in [0.717, 1.165) is 30.3 Å². The van der Waals surface area contributed by atoms with E-state index >= 15 is 0 Å². The van der Waals surface area contributed by atoms with Crippen molar-refractivity contribution in [2.24, 2.45) is 0 Å². The van der Waals surface area contributed by atoms with Crippen molar-refractivity contribution >= 4 is 33.4 Å². The van der Waals surface area contributed by atoms with Gasteiger partial charge in [0, 0.05) is 34.8 Å². The molecule has 0 aliphatic heterocycles. The number of unbranched alkanes of at least 4 members (excludes halogenated alkanes) is 1. The van der Waals surface area contributed by atoms with Crippen LogP contribution in [0.25, 0.3) is 0 Å². The molecule has 19 heavy (non-hydrogen) atoms. The van der Waals surface area contributed by atoms with E-state index in [-0.39, 0.29) is 5.91 Å². The van der Waals surface area contributed by atoms with Crippen LogP contribution in [0.2, 0.25) is 5.02 Å². The fraction of sp³-hybridized carbons (Fsp3) is 0.500. The lowest BCUT2D eigenvalue weighted by Gasteiger charge is -2.07. The van der Waals surface area contributed by atoms with Gasteiger partial charge in [0.15, 0.2) is 0 Å². The normalized spacial score (nSPS) is 10.5. The Bertz CT molecular complexity index is 392. The summed E-state index contributed by atoms with van der Waals surface area (Å²) in [5.41, 5.74) is 0.561. The standard InChI is InChI=1S/C14H19BrClNO2/c1-2-3-6-19-7-4-5-17-14(18)11-8-12(15)10-13(16)9-11/h8-10H,2-7H2,1H3,(H,17,18). The molecule has 0 radical (unpaired) electrons. The van der Waals surface area contributed by atoms with Gasteiger partial charge in [-0.2, -0.15) is 0 Å². The summed E-state index contributed by atoms with van der Waals surface area (Å²) in [6.45, 7) is 4.22. The average Bonchev–Trinajstić information content (AvgIpc) is 2.36. The lowest BCUT2D eigenvalue weighted by Crippen LogP contribution is -2.25. The topological polar surface area (TPSA) is 38.3 Å². The molecule has 0 unspecified atom stereocenters. The summed E-state index contributed by atoms with van der Waals surface area (Å²) in [4.78, 5) is 11.9. The zero-order valence-electron chi connectivity index (χ0n) is 11.0. The number of carbonyl (C=O) groups is 1. The van der Waals surface area contributed by atoms with Crippen molar-refractivity contribution in [2.45, 2.75) is 26.2 Å². The van der Waals surface area contributed by atoms with Crippen LogP contribution in [0.3, 0.4) is 0 Å². The third-order valence-corrected chi connectivity index (χ3v) is 3.19. The molecule has 0 saturated carbocycles. The first-order chi connectivity index (χ1) is 9.13. The smallest absolute Gasteiger partial charge is 0.251 e. The molecule has 0 fully saturated rings. The number of amides is 1. The van der Waals surface area contributed by atoms with Crippen LogP contribution >= 0.6 is 27.5 Å². The first kappa shape index (κ1) is 16.5. The van der Waals surface area contributed by atoms with Crippen LogP contribution in [0, 0.1) is 0 Å². The molecule has 0 spiro atoms. The second-order valence-corrected chi connectivity index (χ2v) is 5.59. The van der Waals surface area contributed by atoms with Gasteiger partial charge >= 0.3 is 0 Å². The molecule has 0 aliphatic carbocycles. The minimum atomic E-state index is -0.114. The maximum absolute atomic E-state index is 11.9. The molecule has 1 N–H and O–H groups in total. The van der Waals surface area contributed by atoms with Crippen molar-refractivity contribution in [3.8, 4) is 0 Å². The summed E-state index contributed by atoms with van der Waals surface area (Å²) >= 11 is 9.21. The van der Waals surface area contributed by atoms with Crippen LogP contribution in [0.1, 0.15) is 36.5 Å². The van der Waals surface area contributed by atoms with Crippen molar-refractivity contribution in [1.29, 1.82) is 0 Å². The Labute approximate surface area is 127 Å². The molecule has 5 heteroatoms. The Balaban J connectivity index is 2.24. The van der Waals surface area contributed by atoms with Crippen LogP contribution in [0.5, 0.6) is 0 Å². The predicted molar refractivity (Wildman–Crippen MR) is 81.8 cm³/mol. The average molecular weight is 349 g/mol. The van der Waals surface area contributed by atoms with Gasteiger partial charge in [-0.05, 0) is 31.0 Å². The fourth-order valence-electron chi connectivity index (χ4n) is 1.51. The van der Waals surface area contributed by atoms with Gasteiger partial charge < -0.3 is 10.1 Å². The minimum absolute atomic E-state index is 0.114. The summed E-state index contributed by atoms with van der Waals surface area (Å²) in [6.07, 6.45) is 3.04. The molecule has 1 aromatic rings. The maximum Gasteiger partial charge on any atom is 0.251 e. The molecule has 0 aromatic heterocycles. The van der Waals surface area contributed by atoms with Crippen molar-refractivity contribution in [2.75, 3.05) is 19.8 Å². The number of benzene rings is 1. The highest BCUT2D eigenvalue weighted by molar-refractivity contribution is 9.10. The van der Waals surface area contributed by atoms with Gasteiger partial charge in [0.2, 0.25) is 0 Å². The third kappa shape index (κ3) is 6.95. The Morgan fingerprint density at radius 3 is 2.74 bits per heavy atom. The molecule has 0 bridgehead atoms. The number of carbonyl (C=O) groups excluding carboxylic acids is 1. The largest absolute Gasteiger partial charge is 0.381 e. The predicted octanol–water partition coefficient (Wildman–Crippen LogP) is 4.04. The minimum Gasteiger partial charge on any atom is -0.381 e. The molecule has 3 nitrogen and oxygen atoms in total. The summed E-state index contributed by atoms with van der Waals surface area (Å²) in [5.74, 6) is -0.114. The Hall–Kier alpha value is -0.580. The highest BCUT2D eigenvalue weighted by atomic mass is 79.9. The van der Waals surface area contributed by atoms with Gasteiger partial charge in [0.1, 0.15) is 0 Å². The van der Waals surface area contributed by atoms with Gasteiger partial charge in [-0.15, -0.1) is 0 Å². The molecule has 0 aliphatic rings. The second kappa shape index (κ2) is 9.34. The number of nitrogens with one attached hydrogen (secondary N) is 1. The molecule has 0 saturated heterocycles. The lowest BCUT2D eigenvalue weighted by molar-refractivity contribution is 0.0940. The molecular formula is C14H19BrClNO2. The number of rotatable bonds is 8. The lowest BCUT2D eigenvalue weighted by atomic mass is 10.2. The summed E-state index contributed by atoms with van der Waals surface area (Å²) in [7, 11) is 0. The van der Waals surface area contributed by atoms with E-state index in [4.69, 9.17) is 16.3 Å². The van der Waals surface area contributed by atoms with Gasteiger partial charge in [0.25, 0.3) is 5.91 Å². The first-order valence-corrected chi connectivity index (χ1v) is 7.62. The van der Waals surface area contributed by atoms with Crippen LogP contribution in [-0.4, -0.2) is 25.7 Å². The Morgan fingerprint density at radius 2 is 2.05 bits per heavy atom.